The standard InChI is InChI=1S/C13H18N6O2S/c20-22(21,11-2-3-11)18-5-1-6-19-13(9-18)12(15-16-19)8-17-7-4-14-10-17/h4,7,10-11H,1-3,5-6,8-9H2. The summed E-state index contributed by atoms with van der Waals surface area (Å²) >= 11 is 0. The largest absolute Gasteiger partial charge is 0.331 e. The molecular formula is C13H18N6O2S. The zero-order valence-electron chi connectivity index (χ0n) is 12.2. The lowest BCUT2D eigenvalue weighted by molar-refractivity contribution is 0.407. The van der Waals surface area contributed by atoms with E-state index in [1.165, 1.54) is 0 Å². The van der Waals surface area contributed by atoms with Crippen molar-refractivity contribution in [2.45, 2.75) is 44.1 Å². The molecule has 0 N–H and O–H groups in total. The summed E-state index contributed by atoms with van der Waals surface area (Å²) in [4.78, 5) is 4.02. The topological polar surface area (TPSA) is 85.9 Å². The predicted octanol–water partition coefficient (Wildman–Crippen LogP) is 0.221. The summed E-state index contributed by atoms with van der Waals surface area (Å²) in [5.74, 6) is 0. The number of fused-ring (bicyclic) bond motifs is 1. The minimum Gasteiger partial charge on any atom is -0.331 e. The van der Waals surface area contributed by atoms with Gasteiger partial charge in [0.15, 0.2) is 0 Å². The Bertz CT molecular complexity index is 763. The third-order valence-corrected chi connectivity index (χ3v) is 6.56. The molecule has 0 amide bonds. The van der Waals surface area contributed by atoms with Gasteiger partial charge in [-0.05, 0) is 19.3 Å². The molecule has 0 atom stereocenters. The Hall–Kier alpha value is -1.74. The summed E-state index contributed by atoms with van der Waals surface area (Å²) in [5.41, 5.74) is 1.71. The fraction of sp³-hybridized carbons (Fsp3) is 0.615. The van der Waals surface area contributed by atoms with Crippen LogP contribution in [0, 0.1) is 0 Å². The highest BCUT2D eigenvalue weighted by atomic mass is 32.2. The number of imidazole rings is 1. The first-order valence-electron chi connectivity index (χ1n) is 7.50. The number of rotatable bonds is 4. The van der Waals surface area contributed by atoms with E-state index in [4.69, 9.17) is 0 Å². The Morgan fingerprint density at radius 2 is 2.14 bits per heavy atom. The van der Waals surface area contributed by atoms with E-state index in [9.17, 15) is 8.42 Å². The molecule has 2 aromatic heterocycles. The van der Waals surface area contributed by atoms with Gasteiger partial charge in [0.25, 0.3) is 0 Å². The molecule has 4 rings (SSSR count). The Morgan fingerprint density at radius 1 is 1.27 bits per heavy atom. The Balaban J connectivity index is 1.63. The van der Waals surface area contributed by atoms with E-state index in [0.717, 1.165) is 30.7 Å². The number of nitrogens with zero attached hydrogens (tertiary/aromatic N) is 6. The molecule has 8 nitrogen and oxygen atoms in total. The quantitative estimate of drug-likeness (QED) is 0.804. The second-order valence-corrected chi connectivity index (χ2v) is 8.09. The maximum absolute atomic E-state index is 12.5. The van der Waals surface area contributed by atoms with E-state index in [1.807, 2.05) is 15.4 Å². The fourth-order valence-electron chi connectivity index (χ4n) is 2.83. The number of aromatic nitrogens is 5. The molecule has 2 aliphatic rings. The van der Waals surface area contributed by atoms with Gasteiger partial charge >= 0.3 is 0 Å². The average Bonchev–Trinajstić information content (AvgIpc) is 3.20. The molecular weight excluding hydrogens is 304 g/mol. The maximum atomic E-state index is 12.5. The van der Waals surface area contributed by atoms with E-state index < -0.39 is 10.0 Å². The van der Waals surface area contributed by atoms with Gasteiger partial charge in [-0.25, -0.2) is 18.1 Å². The van der Waals surface area contributed by atoms with Gasteiger partial charge in [0.2, 0.25) is 10.0 Å². The van der Waals surface area contributed by atoms with Gasteiger partial charge < -0.3 is 4.57 Å². The van der Waals surface area contributed by atoms with Crippen LogP contribution >= 0.6 is 0 Å². The highest BCUT2D eigenvalue weighted by Crippen LogP contribution is 2.32. The Morgan fingerprint density at radius 3 is 2.86 bits per heavy atom. The molecule has 1 aliphatic heterocycles. The lowest BCUT2D eigenvalue weighted by atomic mass is 10.3. The van der Waals surface area contributed by atoms with Crippen molar-refractivity contribution in [1.82, 2.24) is 28.9 Å². The summed E-state index contributed by atoms with van der Waals surface area (Å²) in [6.07, 6.45) is 7.65. The number of hydrogen-bond acceptors (Lipinski definition) is 5. The maximum Gasteiger partial charge on any atom is 0.217 e. The molecule has 1 saturated carbocycles. The summed E-state index contributed by atoms with van der Waals surface area (Å²) in [6, 6.07) is 0. The van der Waals surface area contributed by atoms with Crippen LogP contribution in [0.3, 0.4) is 0 Å². The molecule has 22 heavy (non-hydrogen) atoms. The third-order valence-electron chi connectivity index (χ3n) is 4.22. The monoisotopic (exact) mass is 322 g/mol. The van der Waals surface area contributed by atoms with Gasteiger partial charge in [0.1, 0.15) is 5.69 Å². The third kappa shape index (κ3) is 2.44. The fourth-order valence-corrected chi connectivity index (χ4v) is 4.67. The molecule has 9 heteroatoms. The summed E-state index contributed by atoms with van der Waals surface area (Å²) in [6.45, 7) is 2.21. The first kappa shape index (κ1) is 13.9. The van der Waals surface area contributed by atoms with E-state index >= 15 is 0 Å². The number of sulfonamides is 1. The number of aryl methyl sites for hydroxylation is 1. The second kappa shape index (κ2) is 5.17. The van der Waals surface area contributed by atoms with Crippen LogP contribution in [0.15, 0.2) is 18.7 Å². The van der Waals surface area contributed by atoms with Crippen molar-refractivity contribution in [3.8, 4) is 0 Å². The van der Waals surface area contributed by atoms with Gasteiger partial charge in [-0.15, -0.1) is 5.10 Å². The van der Waals surface area contributed by atoms with Gasteiger partial charge in [0.05, 0.1) is 30.4 Å². The molecule has 0 aromatic carbocycles. The van der Waals surface area contributed by atoms with Crippen molar-refractivity contribution in [2.24, 2.45) is 0 Å². The van der Waals surface area contributed by atoms with Crippen LogP contribution in [0.2, 0.25) is 0 Å². The van der Waals surface area contributed by atoms with Gasteiger partial charge in [0, 0.05) is 25.5 Å². The zero-order chi connectivity index (χ0) is 15.2. The molecule has 0 radical (unpaired) electrons. The summed E-state index contributed by atoms with van der Waals surface area (Å²) in [5, 5.41) is 8.25. The van der Waals surface area contributed by atoms with Crippen molar-refractivity contribution >= 4 is 10.0 Å². The zero-order valence-corrected chi connectivity index (χ0v) is 13.0. The first-order chi connectivity index (χ1) is 10.6. The van der Waals surface area contributed by atoms with Gasteiger partial charge in [-0.3, -0.25) is 0 Å². The van der Waals surface area contributed by atoms with E-state index in [2.05, 4.69) is 15.3 Å². The molecule has 0 spiro atoms. The van der Waals surface area contributed by atoms with Crippen LogP contribution in [0.1, 0.15) is 30.7 Å². The van der Waals surface area contributed by atoms with E-state index in [1.54, 1.807) is 16.8 Å². The van der Waals surface area contributed by atoms with Crippen LogP contribution in [0.5, 0.6) is 0 Å². The Labute approximate surface area is 128 Å². The second-order valence-electron chi connectivity index (χ2n) is 5.87. The van der Waals surface area contributed by atoms with Crippen LogP contribution < -0.4 is 0 Å². The highest BCUT2D eigenvalue weighted by Gasteiger charge is 2.41. The van der Waals surface area contributed by atoms with Crippen molar-refractivity contribution < 1.29 is 8.42 Å². The summed E-state index contributed by atoms with van der Waals surface area (Å²) < 4.78 is 30.4. The minimum absolute atomic E-state index is 0.174. The molecule has 2 aromatic rings. The smallest absolute Gasteiger partial charge is 0.217 e. The van der Waals surface area contributed by atoms with Crippen molar-refractivity contribution in [3.63, 3.8) is 0 Å². The van der Waals surface area contributed by atoms with E-state index in [0.29, 0.717) is 26.2 Å². The van der Waals surface area contributed by atoms with Crippen molar-refractivity contribution in [2.75, 3.05) is 6.54 Å². The molecule has 1 aliphatic carbocycles. The van der Waals surface area contributed by atoms with Crippen LogP contribution in [-0.2, 0) is 29.7 Å². The van der Waals surface area contributed by atoms with Crippen LogP contribution in [-0.4, -0.2) is 49.1 Å². The van der Waals surface area contributed by atoms with Gasteiger partial charge in [-0.2, -0.15) is 4.31 Å². The van der Waals surface area contributed by atoms with Crippen molar-refractivity contribution in [1.29, 1.82) is 0 Å². The minimum atomic E-state index is -3.17. The summed E-state index contributed by atoms with van der Waals surface area (Å²) in [7, 11) is -3.17. The number of hydrogen-bond donors (Lipinski definition) is 0. The van der Waals surface area contributed by atoms with Crippen LogP contribution in [0.4, 0.5) is 0 Å². The normalized spacial score (nSPS) is 19.8. The predicted molar refractivity (Wildman–Crippen MR) is 78.3 cm³/mol. The van der Waals surface area contributed by atoms with Crippen molar-refractivity contribution in [3.05, 3.63) is 30.1 Å². The molecule has 0 saturated heterocycles. The molecule has 1 fully saturated rings. The lowest BCUT2D eigenvalue weighted by Crippen LogP contribution is -2.33. The first-order valence-corrected chi connectivity index (χ1v) is 9.01. The van der Waals surface area contributed by atoms with Crippen LogP contribution in [0.25, 0.3) is 0 Å². The Kier molecular flexibility index (Phi) is 3.26. The SMILES string of the molecule is O=S(=O)(C1CC1)N1CCCn2nnc(Cn3ccnc3)c2C1. The lowest BCUT2D eigenvalue weighted by Gasteiger charge is -2.19. The van der Waals surface area contributed by atoms with E-state index in [-0.39, 0.29) is 5.25 Å². The molecule has 118 valence electrons. The molecule has 0 bridgehead atoms. The molecule has 3 heterocycles. The van der Waals surface area contributed by atoms with Gasteiger partial charge in [-0.1, -0.05) is 5.21 Å². The molecule has 0 unspecified atom stereocenters. The average molecular weight is 322 g/mol. The highest BCUT2D eigenvalue weighted by molar-refractivity contribution is 7.90.